The van der Waals surface area contributed by atoms with E-state index in [1.54, 1.807) is 6.20 Å². The quantitative estimate of drug-likeness (QED) is 0.795. The van der Waals surface area contributed by atoms with E-state index in [2.05, 4.69) is 26.3 Å². The van der Waals surface area contributed by atoms with E-state index in [0.29, 0.717) is 6.54 Å². The summed E-state index contributed by atoms with van der Waals surface area (Å²) in [5.74, 6) is 1.72. The number of pyridine rings is 1. The van der Waals surface area contributed by atoms with Crippen molar-refractivity contribution in [2.24, 2.45) is 0 Å². The molecule has 0 spiro atoms. The van der Waals surface area contributed by atoms with Gasteiger partial charge in [0.05, 0.1) is 17.2 Å². The Kier molecular flexibility index (Phi) is 3.64. The van der Waals surface area contributed by atoms with E-state index in [1.807, 2.05) is 55.5 Å². The van der Waals surface area contributed by atoms with Gasteiger partial charge in [-0.25, -0.2) is 9.97 Å². The molecule has 0 atom stereocenters. The number of hydrogen-bond donors (Lipinski definition) is 1. The van der Waals surface area contributed by atoms with Crippen molar-refractivity contribution in [1.82, 2.24) is 15.0 Å². The molecule has 0 saturated carbocycles. The molecule has 1 N–H and O–H groups in total. The molecule has 5 heteroatoms. The molecule has 0 radical (unpaired) electrons. The van der Waals surface area contributed by atoms with Crippen molar-refractivity contribution in [2.45, 2.75) is 6.54 Å². The van der Waals surface area contributed by atoms with Gasteiger partial charge < -0.3 is 10.2 Å². The second kappa shape index (κ2) is 5.75. The van der Waals surface area contributed by atoms with E-state index in [9.17, 15) is 0 Å². The number of rotatable bonds is 4. The van der Waals surface area contributed by atoms with Crippen LogP contribution in [0.15, 0.2) is 48.8 Å². The van der Waals surface area contributed by atoms with Gasteiger partial charge in [0, 0.05) is 26.8 Å². The highest BCUT2D eigenvalue weighted by molar-refractivity contribution is 5.75. The number of nitrogens with zero attached hydrogens (tertiary/aromatic N) is 4. The molecule has 0 aliphatic heterocycles. The minimum absolute atomic E-state index is 0.674. The summed E-state index contributed by atoms with van der Waals surface area (Å²) in [5, 5.41) is 3.27. The molecule has 0 unspecified atom stereocenters. The van der Waals surface area contributed by atoms with Crippen LogP contribution < -0.4 is 10.2 Å². The van der Waals surface area contributed by atoms with E-state index in [-0.39, 0.29) is 0 Å². The Morgan fingerprint density at radius 1 is 0.952 bits per heavy atom. The van der Waals surface area contributed by atoms with Crippen LogP contribution >= 0.6 is 0 Å². The molecule has 0 fully saturated rings. The fraction of sp³-hybridized carbons (Fsp3) is 0.188. The van der Waals surface area contributed by atoms with Crippen molar-refractivity contribution in [3.8, 4) is 0 Å². The molecule has 2 heterocycles. The zero-order valence-corrected chi connectivity index (χ0v) is 12.1. The number of hydrogen-bond acceptors (Lipinski definition) is 5. The van der Waals surface area contributed by atoms with E-state index in [0.717, 1.165) is 28.2 Å². The highest BCUT2D eigenvalue weighted by Crippen LogP contribution is 2.13. The van der Waals surface area contributed by atoms with Gasteiger partial charge in [0.15, 0.2) is 0 Å². The molecule has 0 saturated heterocycles. The van der Waals surface area contributed by atoms with Gasteiger partial charge >= 0.3 is 0 Å². The van der Waals surface area contributed by atoms with Gasteiger partial charge in [-0.15, -0.1) is 0 Å². The van der Waals surface area contributed by atoms with Crippen LogP contribution in [0, 0.1) is 0 Å². The Balaban J connectivity index is 1.71. The minimum Gasteiger partial charge on any atom is -0.365 e. The molecular formula is C16H17N5. The van der Waals surface area contributed by atoms with Crippen molar-refractivity contribution >= 4 is 22.7 Å². The van der Waals surface area contributed by atoms with Crippen LogP contribution in [-0.2, 0) is 6.54 Å². The first-order valence-corrected chi connectivity index (χ1v) is 6.80. The van der Waals surface area contributed by atoms with Crippen LogP contribution in [0.1, 0.15) is 5.56 Å². The Hall–Kier alpha value is -2.69. The lowest BCUT2D eigenvalue weighted by atomic mass is 10.2. The summed E-state index contributed by atoms with van der Waals surface area (Å²) >= 11 is 0. The summed E-state index contributed by atoms with van der Waals surface area (Å²) in [6.45, 7) is 0.674. The fourth-order valence-electron chi connectivity index (χ4n) is 2.02. The van der Waals surface area contributed by atoms with Crippen LogP contribution in [0.2, 0.25) is 0 Å². The predicted molar refractivity (Wildman–Crippen MR) is 85.4 cm³/mol. The first-order chi connectivity index (χ1) is 10.2. The number of nitrogens with one attached hydrogen (secondary N) is 1. The summed E-state index contributed by atoms with van der Waals surface area (Å²) in [7, 11) is 3.95. The average Bonchev–Trinajstić information content (AvgIpc) is 2.53. The third-order valence-electron chi connectivity index (χ3n) is 3.19. The lowest BCUT2D eigenvalue weighted by molar-refractivity contribution is 1.03. The van der Waals surface area contributed by atoms with Crippen molar-refractivity contribution in [1.29, 1.82) is 0 Å². The molecule has 3 rings (SSSR count). The molecule has 0 aliphatic carbocycles. The Morgan fingerprint density at radius 2 is 1.76 bits per heavy atom. The first kappa shape index (κ1) is 13.3. The van der Waals surface area contributed by atoms with Gasteiger partial charge in [0.2, 0.25) is 0 Å². The highest BCUT2D eigenvalue weighted by Gasteiger charge is 2.01. The second-order valence-corrected chi connectivity index (χ2v) is 5.02. The minimum atomic E-state index is 0.674. The summed E-state index contributed by atoms with van der Waals surface area (Å²) in [5.41, 5.74) is 2.90. The van der Waals surface area contributed by atoms with Gasteiger partial charge in [-0.1, -0.05) is 18.2 Å². The van der Waals surface area contributed by atoms with Crippen molar-refractivity contribution in [3.05, 3.63) is 54.4 Å². The number of benzene rings is 1. The third kappa shape index (κ3) is 3.08. The summed E-state index contributed by atoms with van der Waals surface area (Å²) in [4.78, 5) is 15.3. The molecule has 1 aromatic carbocycles. The molecule has 2 aromatic heterocycles. The van der Waals surface area contributed by atoms with Crippen LogP contribution in [0.3, 0.4) is 0 Å². The zero-order chi connectivity index (χ0) is 14.7. The Labute approximate surface area is 123 Å². The number of para-hydroxylation sites is 2. The smallest absolute Gasteiger partial charge is 0.145 e. The van der Waals surface area contributed by atoms with Crippen molar-refractivity contribution in [2.75, 3.05) is 24.3 Å². The van der Waals surface area contributed by atoms with E-state index >= 15 is 0 Å². The van der Waals surface area contributed by atoms with Crippen molar-refractivity contribution < 1.29 is 0 Å². The predicted octanol–water partition coefficient (Wildman–Crippen LogP) is 2.70. The van der Waals surface area contributed by atoms with Gasteiger partial charge in [0.25, 0.3) is 0 Å². The van der Waals surface area contributed by atoms with Gasteiger partial charge in [-0.3, -0.25) is 4.98 Å². The maximum Gasteiger partial charge on any atom is 0.145 e. The summed E-state index contributed by atoms with van der Waals surface area (Å²) in [6, 6.07) is 11.9. The van der Waals surface area contributed by atoms with Crippen molar-refractivity contribution in [3.63, 3.8) is 0 Å². The standard InChI is InChI=1S/C16H17N5/c1-21(2)16-8-7-12(10-19-16)9-18-15-11-17-13-5-3-4-6-14(13)20-15/h3-8,10-11H,9H2,1-2H3,(H,18,20). The lowest BCUT2D eigenvalue weighted by Gasteiger charge is -2.11. The van der Waals surface area contributed by atoms with Crippen LogP contribution in [-0.4, -0.2) is 29.0 Å². The molecular weight excluding hydrogens is 262 g/mol. The van der Waals surface area contributed by atoms with Crippen LogP contribution in [0.4, 0.5) is 11.6 Å². The first-order valence-electron chi connectivity index (χ1n) is 6.80. The van der Waals surface area contributed by atoms with Crippen LogP contribution in [0.5, 0.6) is 0 Å². The van der Waals surface area contributed by atoms with E-state index < -0.39 is 0 Å². The van der Waals surface area contributed by atoms with Gasteiger partial charge in [-0.05, 0) is 23.8 Å². The summed E-state index contributed by atoms with van der Waals surface area (Å²) < 4.78 is 0. The number of fused-ring (bicyclic) bond motifs is 1. The maximum absolute atomic E-state index is 4.53. The largest absolute Gasteiger partial charge is 0.365 e. The lowest BCUT2D eigenvalue weighted by Crippen LogP contribution is -2.10. The van der Waals surface area contributed by atoms with E-state index in [1.165, 1.54) is 0 Å². The maximum atomic E-state index is 4.53. The molecule has 21 heavy (non-hydrogen) atoms. The SMILES string of the molecule is CN(C)c1ccc(CNc2cnc3ccccc3n2)cn1. The molecule has 5 nitrogen and oxygen atoms in total. The number of anilines is 2. The summed E-state index contributed by atoms with van der Waals surface area (Å²) in [6.07, 6.45) is 3.63. The Morgan fingerprint density at radius 3 is 2.48 bits per heavy atom. The zero-order valence-electron chi connectivity index (χ0n) is 12.1. The van der Waals surface area contributed by atoms with Gasteiger partial charge in [0.1, 0.15) is 11.6 Å². The normalized spacial score (nSPS) is 10.6. The molecule has 0 bridgehead atoms. The molecule has 0 aliphatic rings. The molecule has 106 valence electrons. The molecule has 3 aromatic rings. The highest BCUT2D eigenvalue weighted by atomic mass is 15.1. The topological polar surface area (TPSA) is 53.9 Å². The monoisotopic (exact) mass is 279 g/mol. The average molecular weight is 279 g/mol. The van der Waals surface area contributed by atoms with Gasteiger partial charge in [-0.2, -0.15) is 0 Å². The van der Waals surface area contributed by atoms with Crippen LogP contribution in [0.25, 0.3) is 11.0 Å². The third-order valence-corrected chi connectivity index (χ3v) is 3.19. The Bertz CT molecular complexity index is 737. The number of aromatic nitrogens is 3. The second-order valence-electron chi connectivity index (χ2n) is 5.02. The van der Waals surface area contributed by atoms with E-state index in [4.69, 9.17) is 0 Å². The fourth-order valence-corrected chi connectivity index (χ4v) is 2.02. The molecule has 0 amide bonds.